The Hall–Kier alpha value is -3.15. The van der Waals surface area contributed by atoms with Crippen LogP contribution in [0.1, 0.15) is 28.9 Å². The molecule has 0 aliphatic heterocycles. The Morgan fingerprint density at radius 1 is 0.839 bits per heavy atom. The van der Waals surface area contributed by atoms with Crippen molar-refractivity contribution in [1.82, 2.24) is 0 Å². The summed E-state index contributed by atoms with van der Waals surface area (Å²) in [5.74, 6) is -0.335. The van der Waals surface area contributed by atoms with Crippen LogP contribution in [0.5, 0.6) is 23.0 Å². The number of ether oxygens (including phenoxy) is 4. The van der Waals surface area contributed by atoms with Crippen molar-refractivity contribution in [2.24, 2.45) is 0 Å². The fourth-order valence-electron chi connectivity index (χ4n) is 2.24. The van der Waals surface area contributed by atoms with Crippen molar-refractivity contribution in [1.29, 1.82) is 0 Å². The normalized spacial score (nSPS) is 12.2. The highest BCUT2D eigenvalue weighted by molar-refractivity contribution is 5.80. The Morgan fingerprint density at radius 2 is 1.29 bits per heavy atom. The average Bonchev–Trinajstić information content (AvgIpc) is 2.65. The smallest absolute Gasteiger partial charge is 0.496 e. The van der Waals surface area contributed by atoms with Crippen molar-refractivity contribution >= 4 is 6.29 Å². The second-order valence-electron chi connectivity index (χ2n) is 5.70. The van der Waals surface area contributed by atoms with Gasteiger partial charge >= 0.3 is 12.7 Å². The number of alkyl halides is 6. The molecule has 0 saturated heterocycles. The molecule has 0 amide bonds. The SMILES string of the molecule is COc1ccc(OC(F)(F)F)cc1C(C)O.COc1ccc(OC(F)(F)F)cc1C=O. The summed E-state index contributed by atoms with van der Waals surface area (Å²) in [4.78, 5) is 10.5. The zero-order valence-corrected chi connectivity index (χ0v) is 16.4. The number of methoxy groups -OCH3 is 2. The van der Waals surface area contributed by atoms with E-state index < -0.39 is 24.6 Å². The van der Waals surface area contributed by atoms with Gasteiger partial charge < -0.3 is 24.1 Å². The number of carbonyl (C=O) groups is 1. The Morgan fingerprint density at radius 3 is 1.68 bits per heavy atom. The quantitative estimate of drug-likeness (QED) is 0.484. The number of aliphatic hydroxyl groups is 1. The minimum atomic E-state index is -4.77. The van der Waals surface area contributed by atoms with Crippen LogP contribution >= 0.6 is 0 Å². The molecule has 6 nitrogen and oxygen atoms in total. The van der Waals surface area contributed by atoms with E-state index in [0.717, 1.165) is 24.3 Å². The highest BCUT2D eigenvalue weighted by atomic mass is 19.4. The Kier molecular flexibility index (Phi) is 8.98. The second kappa shape index (κ2) is 10.8. The van der Waals surface area contributed by atoms with Gasteiger partial charge in [0.05, 0.1) is 25.9 Å². The van der Waals surface area contributed by atoms with Gasteiger partial charge in [0.15, 0.2) is 6.29 Å². The van der Waals surface area contributed by atoms with Crippen molar-refractivity contribution in [3.63, 3.8) is 0 Å². The van der Waals surface area contributed by atoms with Crippen LogP contribution in [0.25, 0.3) is 0 Å². The first-order chi connectivity index (χ1) is 14.3. The van der Waals surface area contributed by atoms with Crippen LogP contribution in [-0.4, -0.2) is 38.3 Å². The van der Waals surface area contributed by atoms with Gasteiger partial charge in [-0.3, -0.25) is 4.79 Å². The van der Waals surface area contributed by atoms with Crippen LogP contribution in [0.15, 0.2) is 36.4 Å². The molecule has 31 heavy (non-hydrogen) atoms. The molecule has 1 N–H and O–H groups in total. The third-order valence-corrected chi connectivity index (χ3v) is 3.45. The van der Waals surface area contributed by atoms with Crippen LogP contribution in [0, 0.1) is 0 Å². The average molecular weight is 456 g/mol. The summed E-state index contributed by atoms with van der Waals surface area (Å²) < 4.78 is 88.3. The van der Waals surface area contributed by atoms with E-state index in [0.29, 0.717) is 12.0 Å². The molecule has 0 aromatic heterocycles. The minimum absolute atomic E-state index is 0.000694. The van der Waals surface area contributed by atoms with Crippen molar-refractivity contribution in [3.05, 3.63) is 47.5 Å². The van der Waals surface area contributed by atoms with E-state index in [1.165, 1.54) is 33.3 Å². The molecular weight excluding hydrogens is 438 g/mol. The molecule has 1 atom stereocenters. The molecule has 172 valence electrons. The summed E-state index contributed by atoms with van der Waals surface area (Å²) in [6.07, 6.45) is -10.1. The van der Waals surface area contributed by atoms with Gasteiger partial charge in [-0.15, -0.1) is 26.3 Å². The number of aldehydes is 1. The maximum Gasteiger partial charge on any atom is 0.573 e. The molecule has 0 spiro atoms. The third-order valence-electron chi connectivity index (χ3n) is 3.45. The number of halogens is 6. The van der Waals surface area contributed by atoms with Crippen molar-refractivity contribution in [2.45, 2.75) is 25.8 Å². The largest absolute Gasteiger partial charge is 0.573 e. The lowest BCUT2D eigenvalue weighted by Crippen LogP contribution is -2.17. The molecule has 0 fully saturated rings. The number of aliphatic hydroxyl groups excluding tert-OH is 1. The summed E-state index contributed by atoms with van der Waals surface area (Å²) in [6.45, 7) is 1.43. The van der Waals surface area contributed by atoms with Gasteiger partial charge in [-0.2, -0.15) is 0 Å². The lowest BCUT2D eigenvalue weighted by Gasteiger charge is -2.14. The third kappa shape index (κ3) is 9.03. The van der Waals surface area contributed by atoms with Gasteiger partial charge in [0, 0.05) is 5.56 Å². The zero-order chi connectivity index (χ0) is 23.8. The predicted molar refractivity (Wildman–Crippen MR) is 95.4 cm³/mol. The van der Waals surface area contributed by atoms with Gasteiger partial charge in [-0.05, 0) is 43.3 Å². The van der Waals surface area contributed by atoms with Gasteiger partial charge in [-0.1, -0.05) is 0 Å². The van der Waals surface area contributed by atoms with E-state index >= 15 is 0 Å². The van der Waals surface area contributed by atoms with E-state index in [9.17, 15) is 36.2 Å². The molecular formula is C19H18F6O6. The number of hydrogen-bond acceptors (Lipinski definition) is 6. The Bertz CT molecular complexity index is 864. The Labute approximate surface area is 172 Å². The first-order valence-corrected chi connectivity index (χ1v) is 8.30. The first-order valence-electron chi connectivity index (χ1n) is 8.30. The molecule has 0 radical (unpaired) electrons. The molecule has 0 saturated carbocycles. The van der Waals surface area contributed by atoms with Crippen LogP contribution in [-0.2, 0) is 0 Å². The van der Waals surface area contributed by atoms with E-state index in [4.69, 9.17) is 9.47 Å². The molecule has 2 rings (SSSR count). The molecule has 1 unspecified atom stereocenters. The number of rotatable bonds is 6. The second-order valence-corrected chi connectivity index (χ2v) is 5.70. The Balaban J connectivity index is 0.000000311. The molecule has 2 aromatic rings. The van der Waals surface area contributed by atoms with E-state index in [1.807, 2.05) is 0 Å². The lowest BCUT2D eigenvalue weighted by molar-refractivity contribution is -0.275. The topological polar surface area (TPSA) is 74.2 Å². The summed E-state index contributed by atoms with van der Waals surface area (Å²) in [7, 11) is 2.68. The first kappa shape index (κ1) is 25.9. The van der Waals surface area contributed by atoms with Crippen LogP contribution in [0.4, 0.5) is 26.3 Å². The molecule has 2 aromatic carbocycles. The van der Waals surface area contributed by atoms with Gasteiger partial charge in [0.25, 0.3) is 0 Å². The highest BCUT2D eigenvalue weighted by Gasteiger charge is 2.32. The molecule has 0 bridgehead atoms. The van der Waals surface area contributed by atoms with Crippen LogP contribution < -0.4 is 18.9 Å². The molecule has 0 aliphatic carbocycles. The summed E-state index contributed by atoms with van der Waals surface area (Å²) >= 11 is 0. The van der Waals surface area contributed by atoms with Crippen molar-refractivity contribution < 1.29 is 55.2 Å². The fourth-order valence-corrected chi connectivity index (χ4v) is 2.24. The van der Waals surface area contributed by atoms with E-state index in [-0.39, 0.29) is 22.6 Å². The number of carbonyl (C=O) groups excluding carboxylic acids is 1. The number of benzene rings is 2. The lowest BCUT2D eigenvalue weighted by atomic mass is 10.1. The van der Waals surface area contributed by atoms with Crippen LogP contribution in [0.3, 0.4) is 0 Å². The maximum absolute atomic E-state index is 11.9. The van der Waals surface area contributed by atoms with E-state index in [1.54, 1.807) is 0 Å². The monoisotopic (exact) mass is 456 g/mol. The molecule has 0 aliphatic rings. The van der Waals surface area contributed by atoms with Crippen LogP contribution in [0.2, 0.25) is 0 Å². The van der Waals surface area contributed by atoms with Crippen molar-refractivity contribution in [2.75, 3.05) is 14.2 Å². The molecule has 12 heteroatoms. The fraction of sp³-hybridized carbons (Fsp3) is 0.316. The zero-order valence-electron chi connectivity index (χ0n) is 16.4. The van der Waals surface area contributed by atoms with Crippen molar-refractivity contribution in [3.8, 4) is 23.0 Å². The minimum Gasteiger partial charge on any atom is -0.496 e. The van der Waals surface area contributed by atoms with Gasteiger partial charge in [0.2, 0.25) is 0 Å². The summed E-state index contributed by atoms with van der Waals surface area (Å²) in [5, 5.41) is 9.34. The highest BCUT2D eigenvalue weighted by Crippen LogP contribution is 2.31. The number of hydrogen-bond donors (Lipinski definition) is 1. The summed E-state index contributed by atoms with van der Waals surface area (Å²) in [5.41, 5.74) is 0.239. The summed E-state index contributed by atoms with van der Waals surface area (Å²) in [6, 6.07) is 6.78. The van der Waals surface area contributed by atoms with Gasteiger partial charge in [0.1, 0.15) is 23.0 Å². The van der Waals surface area contributed by atoms with E-state index in [2.05, 4.69) is 9.47 Å². The predicted octanol–water partition coefficient (Wildman–Crippen LogP) is 5.05. The molecule has 0 heterocycles. The maximum atomic E-state index is 11.9. The van der Waals surface area contributed by atoms with Gasteiger partial charge in [-0.25, -0.2) is 0 Å². The standard InChI is InChI=1S/C10H11F3O3.C9H7F3O3/c1-6(14)8-5-7(16-10(11,12)13)3-4-9(8)15-2;1-14-8-3-2-7(4-6(8)5-13)15-9(10,11)12/h3-6,14H,1-2H3;2-5H,1H3.